The van der Waals surface area contributed by atoms with Gasteiger partial charge in [-0.2, -0.15) is 0 Å². The number of likely N-dealkylation sites (tertiary alicyclic amines) is 1. The van der Waals surface area contributed by atoms with Gasteiger partial charge in [0, 0.05) is 31.4 Å². The number of benzene rings is 1. The van der Waals surface area contributed by atoms with E-state index in [0.29, 0.717) is 24.4 Å². The van der Waals surface area contributed by atoms with Crippen molar-refractivity contribution in [3.05, 3.63) is 58.3 Å². The topological polar surface area (TPSA) is 98.0 Å². The first-order valence-electron chi connectivity index (χ1n) is 9.96. The Kier molecular flexibility index (Phi) is 5.54. The van der Waals surface area contributed by atoms with Gasteiger partial charge in [0.05, 0.1) is 35.8 Å². The third-order valence-corrected chi connectivity index (χ3v) is 5.22. The first-order chi connectivity index (χ1) is 14.4. The summed E-state index contributed by atoms with van der Waals surface area (Å²) < 4.78 is 11.5. The second kappa shape index (κ2) is 8.27. The van der Waals surface area contributed by atoms with Crippen molar-refractivity contribution in [3.8, 4) is 5.75 Å². The van der Waals surface area contributed by atoms with E-state index in [1.807, 2.05) is 19.9 Å². The number of nitrogens with zero attached hydrogens (tertiary/aromatic N) is 4. The van der Waals surface area contributed by atoms with Crippen molar-refractivity contribution in [2.24, 2.45) is 0 Å². The lowest BCUT2D eigenvalue weighted by Gasteiger charge is -2.39. The van der Waals surface area contributed by atoms with Gasteiger partial charge in [-0.15, -0.1) is 0 Å². The van der Waals surface area contributed by atoms with E-state index in [2.05, 4.69) is 9.88 Å². The summed E-state index contributed by atoms with van der Waals surface area (Å²) in [6, 6.07) is 9.63. The average molecular weight is 412 g/mol. The number of non-ortho nitro benzene ring substituents is 1. The van der Waals surface area contributed by atoms with Crippen molar-refractivity contribution in [3.63, 3.8) is 0 Å². The highest BCUT2D eigenvalue weighted by atomic mass is 16.6. The molecule has 0 spiro atoms. The van der Waals surface area contributed by atoms with Gasteiger partial charge in [0.2, 0.25) is 0 Å². The van der Waals surface area contributed by atoms with E-state index in [9.17, 15) is 14.9 Å². The van der Waals surface area contributed by atoms with Gasteiger partial charge in [0.1, 0.15) is 17.7 Å². The second-order valence-electron chi connectivity index (χ2n) is 7.77. The van der Waals surface area contributed by atoms with E-state index in [1.54, 1.807) is 29.3 Å². The van der Waals surface area contributed by atoms with E-state index >= 15 is 0 Å². The maximum Gasteiger partial charge on any atom is 0.269 e. The standard InChI is InChI=1S/C21H24N4O5/c1-14-10-23(11-15(2)29-14)20-8-3-16(9-22-20)21(26)24-12-19(13-24)30-18-6-4-17(5-7-18)25(27)28/h3-9,14-15,19H,10-13H2,1-2H3/t14-,15-/m1/s1. The first kappa shape index (κ1) is 20.1. The van der Waals surface area contributed by atoms with Gasteiger partial charge in [-0.3, -0.25) is 14.9 Å². The molecule has 0 N–H and O–H groups in total. The summed E-state index contributed by atoms with van der Waals surface area (Å²) in [7, 11) is 0. The molecular weight excluding hydrogens is 388 g/mol. The number of ether oxygens (including phenoxy) is 2. The lowest BCUT2D eigenvalue weighted by Crippen LogP contribution is -2.56. The Balaban J connectivity index is 1.30. The Bertz CT molecular complexity index is 902. The minimum atomic E-state index is -0.451. The number of hydrogen-bond acceptors (Lipinski definition) is 7. The Hall–Kier alpha value is -3.20. The molecule has 0 unspecified atom stereocenters. The van der Waals surface area contributed by atoms with Crippen LogP contribution in [0.1, 0.15) is 24.2 Å². The molecular formula is C21H24N4O5. The second-order valence-corrected chi connectivity index (χ2v) is 7.77. The van der Waals surface area contributed by atoms with Crippen molar-refractivity contribution in [2.45, 2.75) is 32.2 Å². The monoisotopic (exact) mass is 412 g/mol. The van der Waals surface area contributed by atoms with E-state index in [4.69, 9.17) is 9.47 Å². The van der Waals surface area contributed by atoms with Crippen molar-refractivity contribution in [1.29, 1.82) is 0 Å². The number of aromatic nitrogens is 1. The number of rotatable bonds is 5. The maximum absolute atomic E-state index is 12.7. The van der Waals surface area contributed by atoms with Gasteiger partial charge in [0.15, 0.2) is 0 Å². The highest BCUT2D eigenvalue weighted by Gasteiger charge is 2.33. The fourth-order valence-corrected chi connectivity index (χ4v) is 3.76. The average Bonchev–Trinajstić information content (AvgIpc) is 2.69. The van der Waals surface area contributed by atoms with Crippen LogP contribution in [0.3, 0.4) is 0 Å². The zero-order valence-corrected chi connectivity index (χ0v) is 16.9. The molecule has 2 fully saturated rings. The number of nitro groups is 1. The summed E-state index contributed by atoms with van der Waals surface area (Å²) in [4.78, 5) is 31.3. The SMILES string of the molecule is C[C@@H]1CN(c2ccc(C(=O)N3CC(Oc4ccc([N+](=O)[O-])cc4)C3)cn2)C[C@@H](C)O1. The highest BCUT2D eigenvalue weighted by molar-refractivity contribution is 5.94. The van der Waals surface area contributed by atoms with Crippen molar-refractivity contribution < 1.29 is 19.2 Å². The number of carbonyl (C=O) groups excluding carboxylic acids is 1. The molecule has 30 heavy (non-hydrogen) atoms. The smallest absolute Gasteiger partial charge is 0.269 e. The van der Waals surface area contributed by atoms with Crippen LogP contribution in [0.5, 0.6) is 5.75 Å². The van der Waals surface area contributed by atoms with Gasteiger partial charge >= 0.3 is 0 Å². The van der Waals surface area contributed by atoms with Crippen LogP contribution < -0.4 is 9.64 Å². The minimum absolute atomic E-state index is 0.0182. The molecule has 0 bridgehead atoms. The van der Waals surface area contributed by atoms with Crippen LogP contribution in [-0.4, -0.2) is 65.2 Å². The summed E-state index contributed by atoms with van der Waals surface area (Å²) in [6.45, 7) is 6.57. The number of morpholine rings is 1. The Morgan fingerprint density at radius 2 is 1.77 bits per heavy atom. The largest absolute Gasteiger partial charge is 0.487 e. The summed E-state index contributed by atoms with van der Waals surface area (Å²) in [5, 5.41) is 10.7. The normalized spacial score (nSPS) is 21.8. The lowest BCUT2D eigenvalue weighted by atomic mass is 10.1. The summed E-state index contributed by atoms with van der Waals surface area (Å²) in [5.41, 5.74) is 0.562. The van der Waals surface area contributed by atoms with Crippen LogP contribution in [-0.2, 0) is 4.74 Å². The van der Waals surface area contributed by atoms with Gasteiger partial charge < -0.3 is 19.3 Å². The summed E-state index contributed by atoms with van der Waals surface area (Å²) >= 11 is 0. The minimum Gasteiger partial charge on any atom is -0.487 e. The quantitative estimate of drug-likeness (QED) is 0.550. The molecule has 9 heteroatoms. The Morgan fingerprint density at radius 3 is 2.33 bits per heavy atom. The zero-order chi connectivity index (χ0) is 21.3. The molecule has 3 heterocycles. The summed E-state index contributed by atoms with van der Waals surface area (Å²) in [6.07, 6.45) is 1.78. The first-order valence-corrected chi connectivity index (χ1v) is 9.96. The molecule has 1 aromatic heterocycles. The Labute approximate surface area is 174 Å². The van der Waals surface area contributed by atoms with Gasteiger partial charge in [-0.1, -0.05) is 0 Å². The van der Waals surface area contributed by atoms with Gasteiger partial charge in [0.25, 0.3) is 11.6 Å². The van der Waals surface area contributed by atoms with E-state index in [0.717, 1.165) is 18.9 Å². The summed E-state index contributed by atoms with van der Waals surface area (Å²) in [5.74, 6) is 1.32. The van der Waals surface area contributed by atoms with Gasteiger partial charge in [-0.05, 0) is 38.1 Å². The number of anilines is 1. The van der Waals surface area contributed by atoms with Gasteiger partial charge in [-0.25, -0.2) is 4.98 Å². The molecule has 9 nitrogen and oxygen atoms in total. The fraction of sp³-hybridized carbons (Fsp3) is 0.429. The molecule has 1 aromatic carbocycles. The molecule has 1 amide bonds. The molecule has 0 saturated carbocycles. The molecule has 2 aromatic rings. The molecule has 158 valence electrons. The molecule has 2 atom stereocenters. The van der Waals surface area contributed by atoms with Crippen molar-refractivity contribution >= 4 is 17.4 Å². The van der Waals surface area contributed by atoms with Crippen molar-refractivity contribution in [1.82, 2.24) is 9.88 Å². The fourth-order valence-electron chi connectivity index (χ4n) is 3.76. The van der Waals surface area contributed by atoms with E-state index in [1.165, 1.54) is 12.1 Å². The molecule has 2 aliphatic rings. The Morgan fingerprint density at radius 1 is 1.10 bits per heavy atom. The predicted molar refractivity (Wildman–Crippen MR) is 110 cm³/mol. The number of nitro benzene ring substituents is 1. The molecule has 2 saturated heterocycles. The lowest BCUT2D eigenvalue weighted by molar-refractivity contribution is -0.384. The molecule has 0 aliphatic carbocycles. The molecule has 4 rings (SSSR count). The number of pyridine rings is 1. The predicted octanol–water partition coefficient (Wildman–Crippen LogP) is 2.51. The highest BCUT2D eigenvalue weighted by Crippen LogP contribution is 2.23. The van der Waals surface area contributed by atoms with E-state index in [-0.39, 0.29) is 29.9 Å². The number of amides is 1. The van der Waals surface area contributed by atoms with Crippen LogP contribution >= 0.6 is 0 Å². The van der Waals surface area contributed by atoms with Crippen LogP contribution in [0.2, 0.25) is 0 Å². The number of hydrogen-bond donors (Lipinski definition) is 0. The van der Waals surface area contributed by atoms with E-state index < -0.39 is 4.92 Å². The number of carbonyl (C=O) groups is 1. The van der Waals surface area contributed by atoms with Crippen LogP contribution in [0.4, 0.5) is 11.5 Å². The van der Waals surface area contributed by atoms with Crippen LogP contribution in [0.15, 0.2) is 42.6 Å². The zero-order valence-electron chi connectivity index (χ0n) is 16.9. The van der Waals surface area contributed by atoms with Crippen LogP contribution in [0, 0.1) is 10.1 Å². The molecule has 2 aliphatic heterocycles. The molecule has 0 radical (unpaired) electrons. The van der Waals surface area contributed by atoms with Crippen molar-refractivity contribution in [2.75, 3.05) is 31.1 Å². The van der Waals surface area contributed by atoms with Crippen LogP contribution in [0.25, 0.3) is 0 Å². The third kappa shape index (κ3) is 4.35. The third-order valence-electron chi connectivity index (χ3n) is 5.22. The maximum atomic E-state index is 12.7.